The summed E-state index contributed by atoms with van der Waals surface area (Å²) in [6.45, 7) is 14.4. The first kappa shape index (κ1) is 20.4. The number of benzene rings is 2. The van der Waals surface area contributed by atoms with Crippen LogP contribution < -0.4 is 9.47 Å². The predicted molar refractivity (Wildman–Crippen MR) is 111 cm³/mol. The van der Waals surface area contributed by atoms with Gasteiger partial charge in [-0.1, -0.05) is 12.1 Å². The quantitative estimate of drug-likeness (QED) is 0.475. The fourth-order valence-corrected chi connectivity index (χ4v) is 3.22. The van der Waals surface area contributed by atoms with Crippen molar-refractivity contribution in [2.75, 3.05) is 13.2 Å². The van der Waals surface area contributed by atoms with E-state index in [2.05, 4.69) is 65.8 Å². The molecule has 0 radical (unpaired) electrons. The van der Waals surface area contributed by atoms with Crippen LogP contribution in [0.1, 0.15) is 59.1 Å². The Hall–Kier alpha value is -1.96. The van der Waals surface area contributed by atoms with Gasteiger partial charge in [-0.3, -0.25) is 0 Å². The van der Waals surface area contributed by atoms with Gasteiger partial charge in [-0.15, -0.1) is 0 Å². The molecule has 2 nitrogen and oxygen atoms in total. The number of ether oxygens (including phenoxy) is 2. The highest BCUT2D eigenvalue weighted by Gasteiger charge is 2.05. The van der Waals surface area contributed by atoms with E-state index >= 15 is 0 Å². The van der Waals surface area contributed by atoms with Gasteiger partial charge in [-0.2, -0.15) is 0 Å². The van der Waals surface area contributed by atoms with Crippen LogP contribution in [-0.4, -0.2) is 13.2 Å². The first-order chi connectivity index (χ1) is 12.4. The van der Waals surface area contributed by atoms with Gasteiger partial charge < -0.3 is 9.47 Å². The highest BCUT2D eigenvalue weighted by molar-refractivity contribution is 5.42. The van der Waals surface area contributed by atoms with Crippen LogP contribution in [0.3, 0.4) is 0 Å². The van der Waals surface area contributed by atoms with Crippen molar-refractivity contribution >= 4 is 0 Å². The summed E-state index contributed by atoms with van der Waals surface area (Å²) in [6.07, 6.45) is 4.54. The van der Waals surface area contributed by atoms with Crippen molar-refractivity contribution in [2.45, 2.75) is 67.2 Å². The Labute approximate surface area is 159 Å². The van der Waals surface area contributed by atoms with E-state index in [4.69, 9.17) is 9.47 Å². The van der Waals surface area contributed by atoms with Crippen LogP contribution in [0.5, 0.6) is 11.5 Å². The summed E-state index contributed by atoms with van der Waals surface area (Å²) in [6, 6.07) is 8.70. The highest BCUT2D eigenvalue weighted by Crippen LogP contribution is 2.24. The van der Waals surface area contributed by atoms with Gasteiger partial charge in [-0.25, -0.2) is 0 Å². The van der Waals surface area contributed by atoms with Crippen LogP contribution in [-0.2, 0) is 0 Å². The lowest BCUT2D eigenvalue weighted by atomic mass is 10.1. The number of unbranched alkanes of at least 4 members (excludes halogenated alkanes) is 3. The molecular formula is C24H34O2. The molecule has 142 valence electrons. The van der Waals surface area contributed by atoms with E-state index in [1.807, 2.05) is 0 Å². The third-order valence-electron chi connectivity index (χ3n) is 5.08. The molecule has 2 aromatic carbocycles. The summed E-state index contributed by atoms with van der Waals surface area (Å²) in [7, 11) is 0. The van der Waals surface area contributed by atoms with Gasteiger partial charge in [0.2, 0.25) is 0 Å². The van der Waals surface area contributed by atoms with Gasteiger partial charge in [0, 0.05) is 0 Å². The van der Waals surface area contributed by atoms with Crippen molar-refractivity contribution in [1.29, 1.82) is 0 Å². The van der Waals surface area contributed by atoms with Crippen molar-refractivity contribution in [2.24, 2.45) is 0 Å². The van der Waals surface area contributed by atoms with Crippen molar-refractivity contribution < 1.29 is 9.47 Å². The molecule has 0 atom stereocenters. The molecule has 0 fully saturated rings. The summed E-state index contributed by atoms with van der Waals surface area (Å²) < 4.78 is 12.0. The zero-order valence-corrected chi connectivity index (χ0v) is 17.4. The molecule has 0 amide bonds. The van der Waals surface area contributed by atoms with Gasteiger partial charge in [0.15, 0.2) is 0 Å². The zero-order valence-electron chi connectivity index (χ0n) is 17.4. The number of aryl methyl sites for hydroxylation is 4. The topological polar surface area (TPSA) is 18.5 Å². The van der Waals surface area contributed by atoms with Crippen LogP contribution in [0, 0.1) is 41.5 Å². The minimum Gasteiger partial charge on any atom is -0.493 e. The molecule has 0 aliphatic rings. The zero-order chi connectivity index (χ0) is 19.1. The van der Waals surface area contributed by atoms with Crippen molar-refractivity contribution in [1.82, 2.24) is 0 Å². The standard InChI is InChI=1S/C24H34O2/c1-17-13-19(3)21(5)23(15-17)25-11-9-7-8-10-12-26-24-16-18(2)14-20(4)22(24)6/h13-16H,7-12H2,1-6H3. The highest BCUT2D eigenvalue weighted by atomic mass is 16.5. The Morgan fingerprint density at radius 3 is 1.31 bits per heavy atom. The molecule has 0 aliphatic carbocycles. The van der Waals surface area contributed by atoms with Crippen LogP contribution in [0.15, 0.2) is 24.3 Å². The summed E-state index contributed by atoms with van der Waals surface area (Å²) in [5.41, 5.74) is 7.65. The largest absolute Gasteiger partial charge is 0.493 e. The van der Waals surface area contributed by atoms with Gasteiger partial charge in [0.05, 0.1) is 13.2 Å². The Bertz CT molecular complexity index is 668. The van der Waals surface area contributed by atoms with Gasteiger partial charge in [0.25, 0.3) is 0 Å². The van der Waals surface area contributed by atoms with Crippen molar-refractivity contribution in [3.63, 3.8) is 0 Å². The molecule has 0 saturated carbocycles. The van der Waals surface area contributed by atoms with Gasteiger partial charge in [-0.05, 0) is 113 Å². The third kappa shape index (κ3) is 5.79. The maximum Gasteiger partial charge on any atom is 0.122 e. The first-order valence-electron chi connectivity index (χ1n) is 9.79. The molecule has 0 saturated heterocycles. The SMILES string of the molecule is Cc1cc(C)c(C)c(OCCCCCCOc2cc(C)cc(C)c2C)c1. The molecule has 0 aromatic heterocycles. The van der Waals surface area contributed by atoms with E-state index < -0.39 is 0 Å². The van der Waals surface area contributed by atoms with E-state index in [-0.39, 0.29) is 0 Å². The average Bonchev–Trinajstić information content (AvgIpc) is 2.58. The molecule has 0 unspecified atom stereocenters. The third-order valence-corrected chi connectivity index (χ3v) is 5.08. The van der Waals surface area contributed by atoms with Gasteiger partial charge in [0.1, 0.15) is 11.5 Å². The molecule has 2 aromatic rings. The van der Waals surface area contributed by atoms with Crippen molar-refractivity contribution in [3.05, 3.63) is 57.6 Å². The lowest BCUT2D eigenvalue weighted by Crippen LogP contribution is -2.02. The van der Waals surface area contributed by atoms with Crippen LogP contribution in [0.25, 0.3) is 0 Å². The van der Waals surface area contributed by atoms with E-state index in [1.165, 1.54) is 46.2 Å². The molecule has 0 N–H and O–H groups in total. The summed E-state index contributed by atoms with van der Waals surface area (Å²) in [4.78, 5) is 0. The van der Waals surface area contributed by atoms with E-state index in [0.717, 1.165) is 37.6 Å². The fraction of sp³-hybridized carbons (Fsp3) is 0.500. The fourth-order valence-electron chi connectivity index (χ4n) is 3.22. The lowest BCUT2D eigenvalue weighted by Gasteiger charge is -2.13. The molecule has 0 aliphatic heterocycles. The Morgan fingerprint density at radius 1 is 0.538 bits per heavy atom. The molecule has 0 bridgehead atoms. The second-order valence-corrected chi connectivity index (χ2v) is 7.52. The molecule has 2 heteroatoms. The second kappa shape index (κ2) is 9.66. The summed E-state index contributed by atoms with van der Waals surface area (Å²) in [5, 5.41) is 0. The predicted octanol–water partition coefficient (Wildman–Crippen LogP) is 6.56. The molecule has 0 heterocycles. The Morgan fingerprint density at radius 2 is 0.923 bits per heavy atom. The number of hydrogen-bond donors (Lipinski definition) is 0. The second-order valence-electron chi connectivity index (χ2n) is 7.52. The van der Waals surface area contributed by atoms with Crippen LogP contribution in [0.4, 0.5) is 0 Å². The molecule has 0 spiro atoms. The first-order valence-corrected chi connectivity index (χ1v) is 9.79. The average molecular weight is 355 g/mol. The molecular weight excluding hydrogens is 320 g/mol. The minimum atomic E-state index is 0.792. The van der Waals surface area contributed by atoms with E-state index in [0.29, 0.717) is 0 Å². The van der Waals surface area contributed by atoms with Crippen LogP contribution in [0.2, 0.25) is 0 Å². The normalized spacial score (nSPS) is 10.8. The molecule has 26 heavy (non-hydrogen) atoms. The summed E-state index contributed by atoms with van der Waals surface area (Å²) >= 11 is 0. The maximum atomic E-state index is 5.99. The lowest BCUT2D eigenvalue weighted by molar-refractivity contribution is 0.285. The van der Waals surface area contributed by atoms with Gasteiger partial charge >= 0.3 is 0 Å². The van der Waals surface area contributed by atoms with Crippen LogP contribution >= 0.6 is 0 Å². The monoisotopic (exact) mass is 354 g/mol. The van der Waals surface area contributed by atoms with Crippen molar-refractivity contribution in [3.8, 4) is 11.5 Å². The number of rotatable bonds is 9. The van der Waals surface area contributed by atoms with E-state index in [9.17, 15) is 0 Å². The van der Waals surface area contributed by atoms with E-state index in [1.54, 1.807) is 0 Å². The Balaban J connectivity index is 1.63. The summed E-state index contributed by atoms with van der Waals surface area (Å²) in [5.74, 6) is 2.08. The number of hydrogen-bond acceptors (Lipinski definition) is 2. The minimum absolute atomic E-state index is 0.792. The molecule has 2 rings (SSSR count). The smallest absolute Gasteiger partial charge is 0.122 e. The Kier molecular flexibility index (Phi) is 7.56. The maximum absolute atomic E-state index is 5.99.